The van der Waals surface area contributed by atoms with E-state index in [0.29, 0.717) is 43.3 Å². The van der Waals surface area contributed by atoms with Crippen LogP contribution < -0.4 is 15.0 Å². The lowest BCUT2D eigenvalue weighted by atomic mass is 10.1. The van der Waals surface area contributed by atoms with Crippen molar-refractivity contribution in [3.8, 4) is 5.75 Å². The van der Waals surface area contributed by atoms with Gasteiger partial charge in [-0.2, -0.15) is 13.2 Å². The number of carbonyl (C=O) groups is 1. The van der Waals surface area contributed by atoms with Gasteiger partial charge in [0.2, 0.25) is 5.91 Å². The summed E-state index contributed by atoms with van der Waals surface area (Å²) in [6, 6.07) is 10.4. The fourth-order valence-electron chi connectivity index (χ4n) is 3.11. The highest BCUT2D eigenvalue weighted by Crippen LogP contribution is 2.36. The number of para-hydroxylation sites is 1. The molecule has 150 valence electrons. The number of nitrogens with zero attached hydrogens (tertiary/aromatic N) is 1. The van der Waals surface area contributed by atoms with Crippen LogP contribution in [0.3, 0.4) is 0 Å². The zero-order valence-corrected chi connectivity index (χ0v) is 15.4. The molecular weight excluding hydrogens is 373 g/mol. The summed E-state index contributed by atoms with van der Waals surface area (Å²) in [5, 5.41) is 2.64. The Hall–Kier alpha value is -2.74. The smallest absolute Gasteiger partial charge is 0.416 e. The molecule has 0 atom stereocenters. The van der Waals surface area contributed by atoms with Crippen LogP contribution in [0.25, 0.3) is 0 Å². The van der Waals surface area contributed by atoms with E-state index >= 15 is 0 Å². The predicted molar refractivity (Wildman–Crippen MR) is 99.8 cm³/mol. The number of rotatable bonds is 5. The summed E-state index contributed by atoms with van der Waals surface area (Å²) in [5.41, 5.74) is 0.529. The molecule has 3 rings (SSSR count). The number of hydrogen-bond acceptors (Lipinski definition) is 4. The number of amides is 1. The SMILES string of the molecule is COc1ccccc1CC(=O)Nc1cc(C(F)(F)F)ccc1N1CCOCC1. The van der Waals surface area contributed by atoms with Crippen LogP contribution in [-0.4, -0.2) is 39.3 Å². The molecule has 1 fully saturated rings. The van der Waals surface area contributed by atoms with Gasteiger partial charge in [0, 0.05) is 18.7 Å². The number of anilines is 2. The van der Waals surface area contributed by atoms with Gasteiger partial charge in [-0.1, -0.05) is 18.2 Å². The van der Waals surface area contributed by atoms with Gasteiger partial charge in [-0.3, -0.25) is 4.79 Å². The molecule has 0 radical (unpaired) electrons. The Kier molecular flexibility index (Phi) is 6.08. The first-order chi connectivity index (χ1) is 13.4. The summed E-state index contributed by atoms with van der Waals surface area (Å²) in [6.07, 6.45) is -4.51. The van der Waals surface area contributed by atoms with Crippen LogP contribution in [0.15, 0.2) is 42.5 Å². The Morgan fingerprint density at radius 3 is 2.57 bits per heavy atom. The highest BCUT2D eigenvalue weighted by atomic mass is 19.4. The van der Waals surface area contributed by atoms with Gasteiger partial charge in [-0.05, 0) is 24.3 Å². The largest absolute Gasteiger partial charge is 0.496 e. The van der Waals surface area contributed by atoms with Gasteiger partial charge in [0.1, 0.15) is 5.75 Å². The minimum atomic E-state index is -4.49. The summed E-state index contributed by atoms with van der Waals surface area (Å²) in [6.45, 7) is 2.05. The molecule has 1 aliphatic rings. The maximum Gasteiger partial charge on any atom is 0.416 e. The van der Waals surface area contributed by atoms with Crippen molar-refractivity contribution in [2.75, 3.05) is 43.6 Å². The van der Waals surface area contributed by atoms with Gasteiger partial charge in [-0.25, -0.2) is 0 Å². The molecule has 8 heteroatoms. The summed E-state index contributed by atoms with van der Waals surface area (Å²) in [7, 11) is 1.50. The number of morpholine rings is 1. The Morgan fingerprint density at radius 1 is 1.18 bits per heavy atom. The third-order valence-electron chi connectivity index (χ3n) is 4.49. The second-order valence-electron chi connectivity index (χ2n) is 6.37. The standard InChI is InChI=1S/C20H21F3N2O3/c1-27-18-5-3-2-4-14(18)12-19(26)24-16-13-15(20(21,22)23)6-7-17(16)25-8-10-28-11-9-25/h2-7,13H,8-12H2,1H3,(H,24,26). The summed E-state index contributed by atoms with van der Waals surface area (Å²) in [4.78, 5) is 14.5. The van der Waals surface area contributed by atoms with E-state index < -0.39 is 17.6 Å². The Labute approximate surface area is 161 Å². The van der Waals surface area contributed by atoms with Crippen molar-refractivity contribution in [3.05, 3.63) is 53.6 Å². The molecule has 1 saturated heterocycles. The van der Waals surface area contributed by atoms with E-state index in [9.17, 15) is 18.0 Å². The zero-order valence-electron chi connectivity index (χ0n) is 15.4. The lowest BCUT2D eigenvalue weighted by Gasteiger charge is -2.31. The number of ether oxygens (including phenoxy) is 2. The van der Waals surface area contributed by atoms with E-state index in [4.69, 9.17) is 9.47 Å². The van der Waals surface area contributed by atoms with Crippen molar-refractivity contribution >= 4 is 17.3 Å². The number of carbonyl (C=O) groups excluding carboxylic acids is 1. The van der Waals surface area contributed by atoms with E-state index in [0.717, 1.165) is 12.1 Å². The van der Waals surface area contributed by atoms with Crippen LogP contribution in [0.1, 0.15) is 11.1 Å². The summed E-state index contributed by atoms with van der Waals surface area (Å²) >= 11 is 0. The third-order valence-corrected chi connectivity index (χ3v) is 4.49. The quantitative estimate of drug-likeness (QED) is 0.840. The van der Waals surface area contributed by atoms with Gasteiger partial charge in [-0.15, -0.1) is 0 Å². The number of methoxy groups -OCH3 is 1. The first-order valence-electron chi connectivity index (χ1n) is 8.84. The Balaban J connectivity index is 1.86. The fourth-order valence-corrected chi connectivity index (χ4v) is 3.11. The van der Waals surface area contributed by atoms with Crippen molar-refractivity contribution in [2.45, 2.75) is 12.6 Å². The van der Waals surface area contributed by atoms with Crippen LogP contribution in [0.4, 0.5) is 24.5 Å². The topological polar surface area (TPSA) is 50.8 Å². The second kappa shape index (κ2) is 8.52. The zero-order chi connectivity index (χ0) is 20.1. The molecule has 5 nitrogen and oxygen atoms in total. The molecule has 0 spiro atoms. The molecule has 28 heavy (non-hydrogen) atoms. The predicted octanol–water partition coefficient (Wildman–Crippen LogP) is 3.73. The van der Waals surface area contributed by atoms with E-state index in [1.807, 2.05) is 4.90 Å². The van der Waals surface area contributed by atoms with Gasteiger partial charge in [0.15, 0.2) is 0 Å². The van der Waals surface area contributed by atoms with Gasteiger partial charge in [0.25, 0.3) is 0 Å². The van der Waals surface area contributed by atoms with Gasteiger partial charge >= 0.3 is 6.18 Å². The summed E-state index contributed by atoms with van der Waals surface area (Å²) in [5.74, 6) is 0.133. The lowest BCUT2D eigenvalue weighted by Crippen LogP contribution is -2.37. The van der Waals surface area contributed by atoms with Crippen molar-refractivity contribution in [3.63, 3.8) is 0 Å². The van der Waals surface area contributed by atoms with E-state index in [2.05, 4.69) is 5.32 Å². The molecular formula is C20H21F3N2O3. The van der Waals surface area contributed by atoms with Crippen molar-refractivity contribution in [1.82, 2.24) is 0 Å². The monoisotopic (exact) mass is 394 g/mol. The minimum Gasteiger partial charge on any atom is -0.496 e. The van der Waals surface area contributed by atoms with Gasteiger partial charge in [0.05, 0.1) is 43.7 Å². The van der Waals surface area contributed by atoms with Crippen molar-refractivity contribution < 1.29 is 27.4 Å². The van der Waals surface area contributed by atoms with Crippen molar-refractivity contribution in [1.29, 1.82) is 0 Å². The number of alkyl halides is 3. The maximum atomic E-state index is 13.2. The average Bonchev–Trinajstić information content (AvgIpc) is 2.68. The lowest BCUT2D eigenvalue weighted by molar-refractivity contribution is -0.137. The number of halogens is 3. The van der Waals surface area contributed by atoms with Gasteiger partial charge < -0.3 is 19.7 Å². The number of nitrogens with one attached hydrogen (secondary N) is 1. The molecule has 1 N–H and O–H groups in total. The van der Waals surface area contributed by atoms with Crippen LogP contribution in [-0.2, 0) is 22.1 Å². The second-order valence-corrected chi connectivity index (χ2v) is 6.37. The molecule has 1 amide bonds. The highest BCUT2D eigenvalue weighted by Gasteiger charge is 2.32. The normalized spacial score (nSPS) is 14.6. The molecule has 0 saturated carbocycles. The Morgan fingerprint density at radius 2 is 1.89 bits per heavy atom. The van der Waals surface area contributed by atoms with E-state index in [1.54, 1.807) is 24.3 Å². The molecule has 2 aromatic carbocycles. The Bertz CT molecular complexity index is 834. The first-order valence-corrected chi connectivity index (χ1v) is 8.84. The van der Waals surface area contributed by atoms with Crippen LogP contribution in [0.2, 0.25) is 0 Å². The molecule has 0 aromatic heterocycles. The van der Waals surface area contributed by atoms with E-state index in [1.165, 1.54) is 13.2 Å². The van der Waals surface area contributed by atoms with Crippen LogP contribution in [0.5, 0.6) is 5.75 Å². The molecule has 2 aromatic rings. The minimum absolute atomic E-state index is 0.0111. The summed E-state index contributed by atoms with van der Waals surface area (Å²) < 4.78 is 50.0. The fraction of sp³-hybridized carbons (Fsp3) is 0.350. The number of benzene rings is 2. The molecule has 0 unspecified atom stereocenters. The molecule has 0 aliphatic carbocycles. The van der Waals surface area contributed by atoms with Crippen LogP contribution >= 0.6 is 0 Å². The van der Waals surface area contributed by atoms with E-state index in [-0.39, 0.29) is 12.1 Å². The molecule has 1 aliphatic heterocycles. The molecule has 1 heterocycles. The highest BCUT2D eigenvalue weighted by molar-refractivity contribution is 5.96. The number of hydrogen-bond donors (Lipinski definition) is 1. The van der Waals surface area contributed by atoms with Crippen LogP contribution in [0, 0.1) is 0 Å². The first kappa shape index (κ1) is 20.0. The molecule has 0 bridgehead atoms. The maximum absolute atomic E-state index is 13.2. The average molecular weight is 394 g/mol. The van der Waals surface area contributed by atoms with Crippen molar-refractivity contribution in [2.24, 2.45) is 0 Å². The third kappa shape index (κ3) is 4.75.